The summed E-state index contributed by atoms with van der Waals surface area (Å²) in [6.07, 6.45) is 7.50. The van der Waals surface area contributed by atoms with Crippen molar-refractivity contribution < 1.29 is 9.47 Å². The molecule has 1 saturated heterocycles. The Morgan fingerprint density at radius 3 is 2.72 bits per heavy atom. The van der Waals surface area contributed by atoms with Crippen LogP contribution in [0.25, 0.3) is 22.2 Å². The molecule has 36 heavy (non-hydrogen) atoms. The van der Waals surface area contributed by atoms with Crippen LogP contribution in [0.5, 0.6) is 11.5 Å². The minimum Gasteiger partial charge on any atom is -0.493 e. The zero-order valence-electron chi connectivity index (χ0n) is 20.8. The van der Waals surface area contributed by atoms with E-state index in [1.54, 1.807) is 13.3 Å². The molecular formula is C29H31N5O2. The lowest BCUT2D eigenvalue weighted by atomic mass is 10.0. The zero-order valence-corrected chi connectivity index (χ0v) is 20.8. The number of nitriles is 1. The maximum absolute atomic E-state index is 10.1. The van der Waals surface area contributed by atoms with Gasteiger partial charge in [-0.15, -0.1) is 0 Å². The van der Waals surface area contributed by atoms with Crippen LogP contribution in [0.4, 0.5) is 11.4 Å². The van der Waals surface area contributed by atoms with Crippen molar-refractivity contribution in [1.82, 2.24) is 14.9 Å². The van der Waals surface area contributed by atoms with Gasteiger partial charge in [0, 0.05) is 41.1 Å². The van der Waals surface area contributed by atoms with E-state index in [4.69, 9.17) is 9.47 Å². The first-order valence-corrected chi connectivity index (χ1v) is 12.4. The molecule has 2 N–H and O–H groups in total. The summed E-state index contributed by atoms with van der Waals surface area (Å²) in [5, 5.41) is 14.7. The lowest BCUT2D eigenvalue weighted by Gasteiger charge is -2.26. The molecule has 4 aromatic rings. The fourth-order valence-corrected chi connectivity index (χ4v) is 4.86. The molecule has 0 amide bonds. The Labute approximate surface area is 211 Å². The van der Waals surface area contributed by atoms with E-state index in [0.29, 0.717) is 35.1 Å². The molecule has 0 aliphatic carbocycles. The number of methoxy groups -OCH3 is 1. The van der Waals surface area contributed by atoms with Gasteiger partial charge in [0.1, 0.15) is 18.2 Å². The Kier molecular flexibility index (Phi) is 7.06. The highest BCUT2D eigenvalue weighted by molar-refractivity contribution is 5.89. The number of fused-ring (bicyclic) bond motifs is 1. The summed E-state index contributed by atoms with van der Waals surface area (Å²) in [6, 6.07) is 16.0. The number of pyridine rings is 1. The first-order chi connectivity index (χ1) is 17.7. The van der Waals surface area contributed by atoms with Crippen LogP contribution in [0, 0.1) is 18.3 Å². The summed E-state index contributed by atoms with van der Waals surface area (Å²) in [5.41, 5.74) is 5.73. The fraction of sp³-hybridized carbons (Fsp3) is 0.310. The average molecular weight is 482 g/mol. The van der Waals surface area contributed by atoms with E-state index < -0.39 is 0 Å². The van der Waals surface area contributed by atoms with Gasteiger partial charge in [-0.3, -0.25) is 9.88 Å². The molecule has 3 heterocycles. The second-order valence-electron chi connectivity index (χ2n) is 9.11. The molecule has 0 bridgehead atoms. The number of nitrogens with one attached hydrogen (secondary N) is 2. The second kappa shape index (κ2) is 10.7. The van der Waals surface area contributed by atoms with E-state index in [1.165, 1.54) is 19.3 Å². The van der Waals surface area contributed by atoms with Gasteiger partial charge in [-0.1, -0.05) is 6.42 Å². The van der Waals surface area contributed by atoms with Gasteiger partial charge in [-0.05, 0) is 80.9 Å². The lowest BCUT2D eigenvalue weighted by molar-refractivity contribution is 0.180. The van der Waals surface area contributed by atoms with E-state index in [1.807, 2.05) is 42.6 Å². The smallest absolute Gasteiger partial charge is 0.161 e. The number of aryl methyl sites for hydroxylation is 1. The molecule has 7 heteroatoms. The summed E-state index contributed by atoms with van der Waals surface area (Å²) >= 11 is 0. The summed E-state index contributed by atoms with van der Waals surface area (Å²) in [4.78, 5) is 10.2. The number of H-pyrrole nitrogens is 1. The van der Waals surface area contributed by atoms with E-state index >= 15 is 0 Å². The molecule has 2 aromatic heterocycles. The van der Waals surface area contributed by atoms with Crippen molar-refractivity contribution >= 4 is 22.3 Å². The highest BCUT2D eigenvalue weighted by Crippen LogP contribution is 2.36. The second-order valence-corrected chi connectivity index (χ2v) is 9.11. The first-order valence-electron chi connectivity index (χ1n) is 12.4. The molecule has 0 radical (unpaired) electrons. The van der Waals surface area contributed by atoms with Gasteiger partial charge in [-0.2, -0.15) is 5.26 Å². The normalized spacial score (nSPS) is 13.9. The molecule has 184 valence electrons. The van der Waals surface area contributed by atoms with Crippen LogP contribution in [0.3, 0.4) is 0 Å². The number of anilines is 2. The largest absolute Gasteiger partial charge is 0.493 e. The maximum Gasteiger partial charge on any atom is 0.161 e. The quantitative estimate of drug-likeness (QED) is 0.320. The Balaban J connectivity index is 1.38. The Hall–Kier alpha value is -4.02. The van der Waals surface area contributed by atoms with Crippen LogP contribution in [0.15, 0.2) is 54.9 Å². The topological polar surface area (TPSA) is 86.2 Å². The van der Waals surface area contributed by atoms with Crippen LogP contribution < -0.4 is 14.8 Å². The van der Waals surface area contributed by atoms with E-state index in [-0.39, 0.29) is 0 Å². The SMILES string of the molecule is COc1cc(-c2nccc(Nc3ccc4[nH]ccc4c3C)c2C#N)ccc1OCCN1CCCCC1. The Morgan fingerprint density at radius 1 is 1.06 bits per heavy atom. The van der Waals surface area contributed by atoms with Crippen LogP contribution in [0.1, 0.15) is 30.4 Å². The number of hydrogen-bond acceptors (Lipinski definition) is 6. The zero-order chi connectivity index (χ0) is 24.9. The molecule has 0 unspecified atom stereocenters. The predicted octanol–water partition coefficient (Wildman–Crippen LogP) is 6.03. The van der Waals surface area contributed by atoms with Crippen molar-refractivity contribution in [2.45, 2.75) is 26.2 Å². The number of piperidine rings is 1. The van der Waals surface area contributed by atoms with E-state index in [0.717, 1.165) is 47.4 Å². The summed E-state index contributed by atoms with van der Waals surface area (Å²) < 4.78 is 11.7. The molecule has 7 nitrogen and oxygen atoms in total. The average Bonchev–Trinajstić information content (AvgIpc) is 3.41. The van der Waals surface area contributed by atoms with Crippen molar-refractivity contribution in [3.05, 3.63) is 66.0 Å². The molecule has 2 aromatic carbocycles. The third kappa shape index (κ3) is 4.86. The first kappa shape index (κ1) is 23.7. The van der Waals surface area contributed by atoms with Crippen molar-refractivity contribution in [3.8, 4) is 28.8 Å². The van der Waals surface area contributed by atoms with Gasteiger partial charge in [0.15, 0.2) is 11.5 Å². The third-order valence-electron chi connectivity index (χ3n) is 6.89. The van der Waals surface area contributed by atoms with E-state index in [9.17, 15) is 5.26 Å². The lowest BCUT2D eigenvalue weighted by Crippen LogP contribution is -2.33. The van der Waals surface area contributed by atoms with Gasteiger partial charge in [-0.25, -0.2) is 0 Å². The van der Waals surface area contributed by atoms with Crippen LogP contribution in [-0.4, -0.2) is 48.2 Å². The number of hydrogen-bond donors (Lipinski definition) is 2. The Bertz CT molecular complexity index is 1400. The number of ether oxygens (including phenoxy) is 2. The molecule has 0 saturated carbocycles. The molecule has 0 spiro atoms. The van der Waals surface area contributed by atoms with Gasteiger partial charge < -0.3 is 19.8 Å². The predicted molar refractivity (Wildman–Crippen MR) is 143 cm³/mol. The number of nitrogens with zero attached hydrogens (tertiary/aromatic N) is 3. The van der Waals surface area contributed by atoms with Crippen LogP contribution in [-0.2, 0) is 0 Å². The number of rotatable bonds is 8. The molecule has 1 aliphatic heterocycles. The number of benzene rings is 2. The number of aromatic amines is 1. The molecule has 1 fully saturated rings. The summed E-state index contributed by atoms with van der Waals surface area (Å²) in [7, 11) is 1.63. The fourth-order valence-electron chi connectivity index (χ4n) is 4.86. The molecule has 5 rings (SSSR count). The standard InChI is InChI=1S/C29H31N5O2/c1-20-22-10-12-31-25(22)8-7-24(20)33-26-11-13-32-29(23(26)19-30)21-6-9-27(28(18-21)35-2)36-17-16-34-14-4-3-5-15-34/h6-13,18,31H,3-5,14-17H2,1-2H3,(H,32,33). The third-order valence-corrected chi connectivity index (χ3v) is 6.89. The van der Waals surface area contributed by atoms with Gasteiger partial charge >= 0.3 is 0 Å². The monoisotopic (exact) mass is 481 g/mol. The highest BCUT2D eigenvalue weighted by atomic mass is 16.5. The number of aromatic nitrogens is 2. The highest BCUT2D eigenvalue weighted by Gasteiger charge is 2.16. The minimum absolute atomic E-state index is 0.479. The van der Waals surface area contributed by atoms with Crippen molar-refractivity contribution in [2.24, 2.45) is 0 Å². The van der Waals surface area contributed by atoms with Gasteiger partial charge in [0.05, 0.1) is 18.5 Å². The number of likely N-dealkylation sites (tertiary alicyclic amines) is 1. The van der Waals surface area contributed by atoms with E-state index in [2.05, 4.69) is 39.2 Å². The Morgan fingerprint density at radius 2 is 1.92 bits per heavy atom. The van der Waals surface area contributed by atoms with Crippen molar-refractivity contribution in [2.75, 3.05) is 38.7 Å². The van der Waals surface area contributed by atoms with Crippen molar-refractivity contribution in [1.29, 1.82) is 5.26 Å². The van der Waals surface area contributed by atoms with Crippen LogP contribution >= 0.6 is 0 Å². The summed E-state index contributed by atoms with van der Waals surface area (Å²) in [5.74, 6) is 1.32. The molecule has 1 aliphatic rings. The molecular weight excluding hydrogens is 450 g/mol. The summed E-state index contributed by atoms with van der Waals surface area (Å²) in [6.45, 7) is 5.88. The van der Waals surface area contributed by atoms with Crippen molar-refractivity contribution in [3.63, 3.8) is 0 Å². The van der Waals surface area contributed by atoms with Gasteiger partial charge in [0.2, 0.25) is 0 Å². The van der Waals surface area contributed by atoms with Crippen LogP contribution in [0.2, 0.25) is 0 Å². The minimum atomic E-state index is 0.479. The maximum atomic E-state index is 10.1. The van der Waals surface area contributed by atoms with Gasteiger partial charge in [0.25, 0.3) is 0 Å². The molecule has 0 atom stereocenters.